The molecular weight excluding hydrogens is 364 g/mol. The van der Waals surface area contributed by atoms with Gasteiger partial charge in [0, 0.05) is 18.1 Å². The molecule has 0 spiro atoms. The van der Waals surface area contributed by atoms with Crippen molar-refractivity contribution in [2.24, 2.45) is 11.1 Å². The quantitative estimate of drug-likeness (QED) is 0.847. The number of sulfonamides is 1. The average molecular weight is 386 g/mol. The van der Waals surface area contributed by atoms with Crippen molar-refractivity contribution in [3.8, 4) is 0 Å². The Morgan fingerprint density at radius 2 is 1.90 bits per heavy atom. The molecular formula is C13H22BrClN2O2S. The van der Waals surface area contributed by atoms with Gasteiger partial charge in [0.15, 0.2) is 0 Å². The third kappa shape index (κ3) is 4.70. The van der Waals surface area contributed by atoms with Crippen molar-refractivity contribution < 1.29 is 8.42 Å². The second kappa shape index (κ2) is 7.22. The first-order valence-corrected chi connectivity index (χ1v) is 8.26. The second-order valence-corrected chi connectivity index (χ2v) is 8.47. The maximum atomic E-state index is 12.6. The molecule has 7 heteroatoms. The minimum atomic E-state index is -3.49. The van der Waals surface area contributed by atoms with E-state index in [4.69, 9.17) is 5.73 Å². The first-order chi connectivity index (χ1) is 8.60. The Morgan fingerprint density at radius 3 is 2.40 bits per heavy atom. The van der Waals surface area contributed by atoms with E-state index in [0.717, 1.165) is 10.0 Å². The average Bonchev–Trinajstić information content (AvgIpc) is 2.31. The molecule has 0 aliphatic heterocycles. The molecule has 0 saturated carbocycles. The van der Waals surface area contributed by atoms with Crippen LogP contribution < -0.4 is 5.73 Å². The third-order valence-electron chi connectivity index (χ3n) is 3.04. The monoisotopic (exact) mass is 384 g/mol. The van der Waals surface area contributed by atoms with Crippen LogP contribution in [0.3, 0.4) is 0 Å². The summed E-state index contributed by atoms with van der Waals surface area (Å²) in [5, 5.41) is 0. The fraction of sp³-hybridized carbons (Fsp3) is 0.538. The van der Waals surface area contributed by atoms with E-state index in [2.05, 4.69) is 15.9 Å². The highest BCUT2D eigenvalue weighted by Gasteiger charge is 2.28. The number of hydrogen-bond donors (Lipinski definition) is 1. The molecule has 2 N–H and O–H groups in total. The van der Waals surface area contributed by atoms with Crippen molar-refractivity contribution >= 4 is 38.4 Å². The normalized spacial score (nSPS) is 12.3. The van der Waals surface area contributed by atoms with E-state index in [9.17, 15) is 8.42 Å². The van der Waals surface area contributed by atoms with Crippen LogP contribution in [-0.2, 0) is 10.0 Å². The molecule has 0 bridgehead atoms. The molecule has 0 aliphatic rings. The largest absolute Gasteiger partial charge is 0.330 e. The SMILES string of the molecule is Cc1ccc(Br)cc1S(=O)(=O)N(C)CC(C)(C)CN.Cl. The Morgan fingerprint density at radius 1 is 1.35 bits per heavy atom. The van der Waals surface area contributed by atoms with Crippen molar-refractivity contribution in [3.63, 3.8) is 0 Å². The highest BCUT2D eigenvalue weighted by Crippen LogP contribution is 2.25. The molecule has 0 aliphatic carbocycles. The van der Waals surface area contributed by atoms with E-state index in [-0.39, 0.29) is 17.8 Å². The van der Waals surface area contributed by atoms with Crippen LogP contribution in [0.25, 0.3) is 0 Å². The summed E-state index contributed by atoms with van der Waals surface area (Å²) >= 11 is 3.31. The van der Waals surface area contributed by atoms with Crippen LogP contribution in [0.2, 0.25) is 0 Å². The van der Waals surface area contributed by atoms with Crippen LogP contribution in [0, 0.1) is 12.3 Å². The number of nitrogens with zero attached hydrogens (tertiary/aromatic N) is 1. The molecule has 1 aromatic carbocycles. The zero-order chi connectivity index (χ0) is 14.8. The Labute approximate surface area is 136 Å². The van der Waals surface area contributed by atoms with Gasteiger partial charge in [0.25, 0.3) is 0 Å². The Hall–Kier alpha value is -0.140. The van der Waals surface area contributed by atoms with Crippen LogP contribution in [0.15, 0.2) is 27.6 Å². The van der Waals surface area contributed by atoms with Gasteiger partial charge in [-0.15, -0.1) is 12.4 Å². The van der Waals surface area contributed by atoms with Crippen LogP contribution in [0.5, 0.6) is 0 Å². The van der Waals surface area contributed by atoms with E-state index in [1.165, 1.54) is 4.31 Å². The predicted octanol–water partition coefficient (Wildman–Crippen LogP) is 2.78. The summed E-state index contributed by atoms with van der Waals surface area (Å²) in [5.41, 5.74) is 6.15. The van der Waals surface area contributed by atoms with Crippen LogP contribution >= 0.6 is 28.3 Å². The lowest BCUT2D eigenvalue weighted by molar-refractivity contribution is 0.292. The highest BCUT2D eigenvalue weighted by molar-refractivity contribution is 9.10. The molecule has 1 aromatic rings. The molecule has 1 rings (SSSR count). The van der Waals surface area contributed by atoms with Gasteiger partial charge in [-0.25, -0.2) is 12.7 Å². The summed E-state index contributed by atoms with van der Waals surface area (Å²) in [7, 11) is -1.90. The minimum absolute atomic E-state index is 0. The van der Waals surface area contributed by atoms with E-state index >= 15 is 0 Å². The van der Waals surface area contributed by atoms with Crippen molar-refractivity contribution in [3.05, 3.63) is 28.2 Å². The molecule has 0 saturated heterocycles. The Bertz CT molecular complexity index is 561. The zero-order valence-electron chi connectivity index (χ0n) is 12.2. The topological polar surface area (TPSA) is 63.4 Å². The van der Waals surface area contributed by atoms with Crippen molar-refractivity contribution in [1.82, 2.24) is 4.31 Å². The fourth-order valence-electron chi connectivity index (χ4n) is 1.77. The lowest BCUT2D eigenvalue weighted by atomic mass is 9.94. The first-order valence-electron chi connectivity index (χ1n) is 6.03. The summed E-state index contributed by atoms with van der Waals surface area (Å²) in [6.45, 7) is 6.52. The van der Waals surface area contributed by atoms with Crippen molar-refractivity contribution in [1.29, 1.82) is 0 Å². The number of halogens is 2. The van der Waals surface area contributed by atoms with E-state index < -0.39 is 10.0 Å². The number of nitrogens with two attached hydrogens (primary N) is 1. The molecule has 0 atom stereocenters. The molecule has 0 amide bonds. The van der Waals surface area contributed by atoms with Gasteiger partial charge in [-0.2, -0.15) is 0 Å². The van der Waals surface area contributed by atoms with Gasteiger partial charge < -0.3 is 5.73 Å². The smallest absolute Gasteiger partial charge is 0.243 e. The molecule has 4 nitrogen and oxygen atoms in total. The molecule has 0 heterocycles. The van der Waals surface area contributed by atoms with E-state index in [1.54, 1.807) is 26.1 Å². The van der Waals surface area contributed by atoms with Gasteiger partial charge in [0.05, 0.1) is 4.90 Å². The van der Waals surface area contributed by atoms with Gasteiger partial charge in [-0.3, -0.25) is 0 Å². The number of hydrogen-bond acceptors (Lipinski definition) is 3. The molecule has 116 valence electrons. The first kappa shape index (κ1) is 19.9. The van der Waals surface area contributed by atoms with Gasteiger partial charge >= 0.3 is 0 Å². The summed E-state index contributed by atoms with van der Waals surface area (Å²) in [5.74, 6) is 0. The van der Waals surface area contributed by atoms with E-state index in [1.807, 2.05) is 19.9 Å². The summed E-state index contributed by atoms with van der Waals surface area (Å²) in [4.78, 5) is 0.331. The fourth-order valence-corrected chi connectivity index (χ4v) is 3.89. The molecule has 0 unspecified atom stereocenters. The molecule has 0 fully saturated rings. The van der Waals surface area contributed by atoms with Crippen molar-refractivity contribution in [2.45, 2.75) is 25.7 Å². The number of benzene rings is 1. The van der Waals surface area contributed by atoms with E-state index in [0.29, 0.717) is 18.0 Å². The van der Waals surface area contributed by atoms with Crippen molar-refractivity contribution in [2.75, 3.05) is 20.1 Å². The van der Waals surface area contributed by atoms with Gasteiger partial charge in [0.1, 0.15) is 0 Å². The summed E-state index contributed by atoms with van der Waals surface area (Å²) < 4.78 is 27.2. The summed E-state index contributed by atoms with van der Waals surface area (Å²) in [6.07, 6.45) is 0. The maximum absolute atomic E-state index is 12.6. The van der Waals surface area contributed by atoms with Gasteiger partial charge in [0.2, 0.25) is 10.0 Å². The highest BCUT2D eigenvalue weighted by atomic mass is 79.9. The van der Waals surface area contributed by atoms with Crippen LogP contribution in [0.4, 0.5) is 0 Å². The molecule has 0 radical (unpaired) electrons. The Kier molecular flexibility index (Phi) is 7.17. The molecule has 0 aromatic heterocycles. The predicted molar refractivity (Wildman–Crippen MR) is 88.8 cm³/mol. The number of rotatable bonds is 5. The molecule has 20 heavy (non-hydrogen) atoms. The lowest BCUT2D eigenvalue weighted by Crippen LogP contribution is -2.39. The Balaban J connectivity index is 0.00000361. The van der Waals surface area contributed by atoms with Gasteiger partial charge in [-0.05, 0) is 36.6 Å². The number of aryl methyl sites for hydroxylation is 1. The second-order valence-electron chi connectivity index (χ2n) is 5.54. The third-order valence-corrected chi connectivity index (χ3v) is 5.48. The zero-order valence-corrected chi connectivity index (χ0v) is 15.4. The minimum Gasteiger partial charge on any atom is -0.330 e. The standard InChI is InChI=1S/C13H21BrN2O2S.ClH/c1-10-5-6-11(14)7-12(10)19(17,18)16(4)9-13(2,3)8-15;/h5-7H,8-9,15H2,1-4H3;1H. The summed E-state index contributed by atoms with van der Waals surface area (Å²) in [6, 6.07) is 5.26. The van der Waals surface area contributed by atoms with Gasteiger partial charge in [-0.1, -0.05) is 35.8 Å². The lowest BCUT2D eigenvalue weighted by Gasteiger charge is -2.28. The van der Waals surface area contributed by atoms with Crippen LogP contribution in [-0.4, -0.2) is 32.9 Å². The maximum Gasteiger partial charge on any atom is 0.243 e. The van der Waals surface area contributed by atoms with Crippen LogP contribution in [0.1, 0.15) is 19.4 Å².